The normalized spacial score (nSPS) is 10.4. The van der Waals surface area contributed by atoms with E-state index < -0.39 is 0 Å². The molecule has 1 heterocycles. The lowest BCUT2D eigenvalue weighted by Gasteiger charge is -2.03. The lowest BCUT2D eigenvalue weighted by molar-refractivity contribution is 1.19. The molecule has 0 aliphatic rings. The molecule has 0 spiro atoms. The van der Waals surface area contributed by atoms with Gasteiger partial charge < -0.3 is 5.32 Å². The summed E-state index contributed by atoms with van der Waals surface area (Å²) >= 11 is 13.0. The van der Waals surface area contributed by atoms with Crippen LogP contribution in [0.1, 0.15) is 6.92 Å². The Balaban J connectivity index is 2.42. The average molecular weight is 274 g/mol. The van der Waals surface area contributed by atoms with Crippen LogP contribution in [-0.4, -0.2) is 15.3 Å². The van der Waals surface area contributed by atoms with E-state index in [0.29, 0.717) is 10.0 Å². The molecule has 0 radical (unpaired) electrons. The maximum absolute atomic E-state index is 5.96. The van der Waals surface area contributed by atoms with Crippen molar-refractivity contribution < 1.29 is 0 Å². The second-order valence-corrected chi connectivity index (χ2v) is 4.46. The minimum absolute atomic E-state index is 0.523. The summed E-state index contributed by atoms with van der Waals surface area (Å²) in [5.41, 5.74) is 1.73. The fraction of sp³-hybridized carbons (Fsp3) is 0.200. The first-order valence-electron chi connectivity index (χ1n) is 4.74. The highest BCUT2D eigenvalue weighted by Crippen LogP contribution is 2.31. The number of nitrogens with zero attached hydrogens (tertiary/aromatic N) is 2. The molecule has 3 nitrogen and oxygen atoms in total. The van der Waals surface area contributed by atoms with Gasteiger partial charge in [-0.1, -0.05) is 29.3 Å². The number of aromatic nitrogens is 2. The van der Waals surface area contributed by atoms with Crippen molar-refractivity contribution in [2.75, 3.05) is 11.9 Å². The van der Waals surface area contributed by atoms with Crippen LogP contribution in [0.4, 0.5) is 5.82 Å². The van der Waals surface area contributed by atoms with Gasteiger partial charge in [0.15, 0.2) is 5.82 Å². The molecule has 0 aliphatic heterocycles. The van der Waals surface area contributed by atoms with E-state index in [1.807, 2.05) is 13.0 Å². The molecule has 0 fully saturated rings. The summed E-state index contributed by atoms with van der Waals surface area (Å²) in [4.78, 5) is 0. The molecule has 0 amide bonds. The molecule has 1 aromatic heterocycles. The van der Waals surface area contributed by atoms with Gasteiger partial charge in [-0.05, 0) is 19.1 Å². The Morgan fingerprint density at radius 3 is 2.75 bits per heavy atom. The zero-order chi connectivity index (χ0) is 11.5. The highest BCUT2D eigenvalue weighted by Gasteiger charge is 2.10. The zero-order valence-corrected chi connectivity index (χ0v) is 10.8. The third-order valence-corrected chi connectivity index (χ3v) is 3.29. The van der Waals surface area contributed by atoms with E-state index in [-0.39, 0.29) is 0 Å². The van der Waals surface area contributed by atoms with E-state index in [9.17, 15) is 0 Å². The van der Waals surface area contributed by atoms with Crippen molar-refractivity contribution in [1.82, 2.24) is 8.75 Å². The van der Waals surface area contributed by atoms with E-state index >= 15 is 0 Å². The Kier molecular flexibility index (Phi) is 3.63. The summed E-state index contributed by atoms with van der Waals surface area (Å²) in [5.74, 6) is 0.783. The van der Waals surface area contributed by atoms with E-state index in [4.69, 9.17) is 23.2 Å². The van der Waals surface area contributed by atoms with Gasteiger partial charge in [-0.25, -0.2) is 0 Å². The quantitative estimate of drug-likeness (QED) is 0.921. The van der Waals surface area contributed by atoms with E-state index in [1.165, 1.54) is 11.7 Å². The van der Waals surface area contributed by atoms with Crippen LogP contribution in [0.2, 0.25) is 10.0 Å². The Hall–Kier alpha value is -0.840. The molecule has 2 aromatic rings. The van der Waals surface area contributed by atoms with Gasteiger partial charge in [0.25, 0.3) is 0 Å². The van der Waals surface area contributed by atoms with Crippen molar-refractivity contribution in [3.8, 4) is 11.3 Å². The standard InChI is InChI=1S/C10H9Cl2N3S/c1-2-13-10-9(14-16-15-10)6-3-4-7(11)8(12)5-6/h3-5H,2H2,1H3,(H,13,15). The minimum atomic E-state index is 0.523. The lowest BCUT2D eigenvalue weighted by Crippen LogP contribution is -1.98. The fourth-order valence-electron chi connectivity index (χ4n) is 1.30. The molecule has 0 bridgehead atoms. The number of benzene rings is 1. The first-order valence-corrected chi connectivity index (χ1v) is 6.23. The summed E-state index contributed by atoms with van der Waals surface area (Å²) in [5, 5.41) is 4.21. The van der Waals surface area contributed by atoms with Crippen LogP contribution in [0.15, 0.2) is 18.2 Å². The lowest BCUT2D eigenvalue weighted by atomic mass is 10.1. The number of halogens is 2. The Morgan fingerprint density at radius 1 is 1.25 bits per heavy atom. The molecule has 0 saturated heterocycles. The largest absolute Gasteiger partial charge is 0.368 e. The third-order valence-electron chi connectivity index (χ3n) is 2.03. The van der Waals surface area contributed by atoms with Crippen LogP contribution < -0.4 is 5.32 Å². The fourth-order valence-corrected chi connectivity index (χ4v) is 2.15. The predicted molar refractivity (Wildman–Crippen MR) is 69.5 cm³/mol. The average Bonchev–Trinajstić information content (AvgIpc) is 2.71. The van der Waals surface area contributed by atoms with E-state index in [2.05, 4.69) is 14.1 Å². The second kappa shape index (κ2) is 4.99. The maximum atomic E-state index is 5.96. The summed E-state index contributed by atoms with van der Waals surface area (Å²) in [6.45, 7) is 2.82. The third kappa shape index (κ3) is 2.29. The van der Waals surface area contributed by atoms with Crippen LogP contribution in [0.5, 0.6) is 0 Å². The number of nitrogens with one attached hydrogen (secondary N) is 1. The molecule has 0 saturated carbocycles. The van der Waals surface area contributed by atoms with Crippen molar-refractivity contribution in [3.63, 3.8) is 0 Å². The highest BCUT2D eigenvalue weighted by atomic mass is 35.5. The summed E-state index contributed by atoms with van der Waals surface area (Å²) in [6, 6.07) is 5.43. The monoisotopic (exact) mass is 273 g/mol. The molecule has 0 atom stereocenters. The van der Waals surface area contributed by atoms with Crippen LogP contribution >= 0.6 is 34.9 Å². The molecule has 2 rings (SSSR count). The van der Waals surface area contributed by atoms with Crippen LogP contribution in [-0.2, 0) is 0 Å². The zero-order valence-electron chi connectivity index (χ0n) is 8.50. The molecule has 84 valence electrons. The molecular weight excluding hydrogens is 265 g/mol. The minimum Gasteiger partial charge on any atom is -0.368 e. The topological polar surface area (TPSA) is 37.8 Å². The van der Waals surface area contributed by atoms with Gasteiger partial charge >= 0.3 is 0 Å². The van der Waals surface area contributed by atoms with Crippen LogP contribution in [0.3, 0.4) is 0 Å². The van der Waals surface area contributed by atoms with Gasteiger partial charge in [-0.3, -0.25) is 0 Å². The molecule has 0 unspecified atom stereocenters. The SMILES string of the molecule is CCNc1nsnc1-c1ccc(Cl)c(Cl)c1. The first kappa shape index (κ1) is 11.6. The van der Waals surface area contributed by atoms with Crippen molar-refractivity contribution in [3.05, 3.63) is 28.2 Å². The predicted octanol–water partition coefficient (Wildman–Crippen LogP) is 3.94. The summed E-state index contributed by atoms with van der Waals surface area (Å²) < 4.78 is 8.42. The van der Waals surface area contributed by atoms with Gasteiger partial charge in [0.1, 0.15) is 5.69 Å². The molecule has 16 heavy (non-hydrogen) atoms. The van der Waals surface area contributed by atoms with Crippen molar-refractivity contribution in [1.29, 1.82) is 0 Å². The summed E-state index contributed by atoms with van der Waals surface area (Å²) in [7, 11) is 0. The number of hydrogen-bond donors (Lipinski definition) is 1. The van der Waals surface area contributed by atoms with Crippen molar-refractivity contribution in [2.24, 2.45) is 0 Å². The molecule has 0 aliphatic carbocycles. The Morgan fingerprint density at radius 2 is 2.06 bits per heavy atom. The van der Waals surface area contributed by atoms with Gasteiger partial charge in [0.2, 0.25) is 0 Å². The van der Waals surface area contributed by atoms with Gasteiger partial charge in [-0.15, -0.1) is 0 Å². The van der Waals surface area contributed by atoms with Crippen molar-refractivity contribution in [2.45, 2.75) is 6.92 Å². The maximum Gasteiger partial charge on any atom is 0.168 e. The van der Waals surface area contributed by atoms with Gasteiger partial charge in [0.05, 0.1) is 21.8 Å². The number of hydrogen-bond acceptors (Lipinski definition) is 4. The first-order chi connectivity index (χ1) is 7.72. The highest BCUT2D eigenvalue weighted by molar-refractivity contribution is 6.99. The second-order valence-electron chi connectivity index (χ2n) is 3.12. The van der Waals surface area contributed by atoms with Crippen LogP contribution in [0.25, 0.3) is 11.3 Å². The smallest absolute Gasteiger partial charge is 0.168 e. The van der Waals surface area contributed by atoms with Crippen LogP contribution in [0, 0.1) is 0 Å². The number of rotatable bonds is 3. The van der Waals surface area contributed by atoms with Crippen molar-refractivity contribution >= 4 is 40.7 Å². The van der Waals surface area contributed by atoms with Gasteiger partial charge in [0, 0.05) is 12.1 Å². The molecule has 1 N–H and O–H groups in total. The van der Waals surface area contributed by atoms with Gasteiger partial charge in [-0.2, -0.15) is 8.75 Å². The molecular formula is C10H9Cl2N3S. The molecule has 1 aromatic carbocycles. The Labute approximate surface area is 108 Å². The van der Waals surface area contributed by atoms with E-state index in [0.717, 1.165) is 23.6 Å². The number of anilines is 1. The van der Waals surface area contributed by atoms with E-state index in [1.54, 1.807) is 12.1 Å². The summed E-state index contributed by atoms with van der Waals surface area (Å²) in [6.07, 6.45) is 0. The molecule has 6 heteroatoms. The Bertz CT molecular complexity index is 499.